The van der Waals surface area contributed by atoms with E-state index in [4.69, 9.17) is 5.11 Å². The van der Waals surface area contributed by atoms with Crippen molar-refractivity contribution >= 4 is 16.9 Å². The molecule has 0 aliphatic heterocycles. The van der Waals surface area contributed by atoms with Crippen molar-refractivity contribution in [1.82, 2.24) is 4.57 Å². The molecule has 1 aromatic heterocycles. The molecule has 0 bridgehead atoms. The van der Waals surface area contributed by atoms with Crippen molar-refractivity contribution in [3.8, 4) is 0 Å². The third kappa shape index (κ3) is 1.90. The van der Waals surface area contributed by atoms with Crippen LogP contribution in [0.4, 0.5) is 17.6 Å². The fraction of sp³-hybridized carbons (Fsp3) is 0.231. The second-order valence-electron chi connectivity index (χ2n) is 4.79. The first-order valence-corrected chi connectivity index (χ1v) is 5.92. The van der Waals surface area contributed by atoms with Gasteiger partial charge in [0.05, 0.1) is 16.9 Å². The highest BCUT2D eigenvalue weighted by atomic mass is 19.2. The predicted octanol–water partition coefficient (Wildman–Crippen LogP) is 2.40. The Hall–Kier alpha value is -2.38. The van der Waals surface area contributed by atoms with Crippen LogP contribution >= 0.6 is 0 Å². The Labute approximate surface area is 114 Å². The number of aromatic carboxylic acids is 1. The maximum atomic E-state index is 13.9. The standard InChI is InChI=1S/C13H7F4NO3/c14-6-2-8(6)18-3-5(13(20)21)12(19)4-1-7(15)9(16)10(17)11(4)18/h1,3,6,8H,2H2,(H,20,21)/t6-,8-/m1/s1. The van der Waals surface area contributed by atoms with Crippen LogP contribution in [0.25, 0.3) is 10.9 Å². The van der Waals surface area contributed by atoms with E-state index < -0.39 is 57.5 Å². The molecule has 0 spiro atoms. The lowest BCUT2D eigenvalue weighted by Gasteiger charge is -2.12. The van der Waals surface area contributed by atoms with Crippen LogP contribution in [-0.4, -0.2) is 21.8 Å². The van der Waals surface area contributed by atoms with Crippen molar-refractivity contribution in [3.05, 3.63) is 45.5 Å². The minimum Gasteiger partial charge on any atom is -0.477 e. The molecule has 2 aromatic rings. The van der Waals surface area contributed by atoms with Crippen LogP contribution in [0.15, 0.2) is 17.1 Å². The fourth-order valence-corrected chi connectivity index (χ4v) is 2.27. The van der Waals surface area contributed by atoms with Gasteiger partial charge >= 0.3 is 5.97 Å². The normalized spacial score (nSPS) is 20.8. The molecule has 1 aliphatic carbocycles. The number of nitrogens with zero attached hydrogens (tertiary/aromatic N) is 1. The molecule has 1 aliphatic rings. The highest BCUT2D eigenvalue weighted by molar-refractivity contribution is 5.92. The Morgan fingerprint density at radius 3 is 2.43 bits per heavy atom. The lowest BCUT2D eigenvalue weighted by Crippen LogP contribution is -2.20. The van der Waals surface area contributed by atoms with Crippen molar-refractivity contribution in [2.45, 2.75) is 18.6 Å². The molecule has 3 rings (SSSR count). The van der Waals surface area contributed by atoms with E-state index in [2.05, 4.69) is 0 Å². The number of alkyl halides is 1. The molecule has 1 aromatic carbocycles. The van der Waals surface area contributed by atoms with Gasteiger partial charge in [0.2, 0.25) is 5.43 Å². The average molecular weight is 301 g/mol. The summed E-state index contributed by atoms with van der Waals surface area (Å²) in [4.78, 5) is 22.9. The number of carboxylic acids is 1. The third-order valence-corrected chi connectivity index (χ3v) is 3.42. The van der Waals surface area contributed by atoms with Gasteiger partial charge in [-0.15, -0.1) is 0 Å². The van der Waals surface area contributed by atoms with Gasteiger partial charge in [0.25, 0.3) is 0 Å². The van der Waals surface area contributed by atoms with Crippen molar-refractivity contribution in [1.29, 1.82) is 0 Å². The summed E-state index contributed by atoms with van der Waals surface area (Å²) in [5, 5.41) is 8.31. The molecule has 21 heavy (non-hydrogen) atoms. The van der Waals surface area contributed by atoms with Crippen molar-refractivity contribution in [3.63, 3.8) is 0 Å². The van der Waals surface area contributed by atoms with E-state index in [1.807, 2.05) is 0 Å². The molecule has 4 nitrogen and oxygen atoms in total. The van der Waals surface area contributed by atoms with E-state index in [0.717, 1.165) is 10.8 Å². The van der Waals surface area contributed by atoms with Crippen molar-refractivity contribution in [2.24, 2.45) is 0 Å². The lowest BCUT2D eigenvalue weighted by molar-refractivity contribution is 0.0694. The molecule has 2 atom stereocenters. The van der Waals surface area contributed by atoms with Crippen LogP contribution in [0, 0.1) is 17.5 Å². The van der Waals surface area contributed by atoms with Gasteiger partial charge in [0, 0.05) is 12.6 Å². The molecular weight excluding hydrogens is 294 g/mol. The van der Waals surface area contributed by atoms with Crippen LogP contribution in [0.5, 0.6) is 0 Å². The first-order valence-electron chi connectivity index (χ1n) is 5.92. The Balaban J connectivity index is 2.49. The number of carboxylic acid groups (broad SMARTS) is 1. The molecule has 110 valence electrons. The zero-order chi connectivity index (χ0) is 15.5. The average Bonchev–Trinajstić information content (AvgIpc) is 3.14. The summed E-state index contributed by atoms with van der Waals surface area (Å²) in [5.41, 5.74) is -2.54. The van der Waals surface area contributed by atoms with E-state index in [9.17, 15) is 27.2 Å². The van der Waals surface area contributed by atoms with Crippen LogP contribution < -0.4 is 5.43 Å². The van der Waals surface area contributed by atoms with E-state index in [1.165, 1.54) is 0 Å². The summed E-state index contributed by atoms with van der Waals surface area (Å²) in [5.74, 6) is -6.66. The number of rotatable bonds is 2. The molecule has 0 saturated heterocycles. The molecule has 8 heteroatoms. The molecule has 0 amide bonds. The monoisotopic (exact) mass is 301 g/mol. The summed E-state index contributed by atoms with van der Waals surface area (Å²) in [7, 11) is 0. The maximum absolute atomic E-state index is 13.9. The molecule has 1 fully saturated rings. The summed E-state index contributed by atoms with van der Waals surface area (Å²) in [6, 6.07) is -0.472. The number of fused-ring (bicyclic) bond motifs is 1. The van der Waals surface area contributed by atoms with E-state index in [1.54, 1.807) is 0 Å². The molecule has 1 N–H and O–H groups in total. The van der Waals surface area contributed by atoms with Gasteiger partial charge in [-0.25, -0.2) is 22.4 Å². The number of benzene rings is 1. The van der Waals surface area contributed by atoms with Crippen molar-refractivity contribution < 1.29 is 27.5 Å². The van der Waals surface area contributed by atoms with Gasteiger partial charge in [0.1, 0.15) is 11.7 Å². The molecule has 0 radical (unpaired) electrons. The summed E-state index contributed by atoms with van der Waals surface area (Å²) >= 11 is 0. The first-order chi connectivity index (χ1) is 9.82. The molecule has 0 unspecified atom stereocenters. The fourth-order valence-electron chi connectivity index (χ4n) is 2.27. The summed E-state index contributed by atoms with van der Waals surface area (Å²) in [6.45, 7) is 0. The zero-order valence-corrected chi connectivity index (χ0v) is 10.2. The Morgan fingerprint density at radius 2 is 1.90 bits per heavy atom. The Morgan fingerprint density at radius 1 is 1.29 bits per heavy atom. The second kappa shape index (κ2) is 4.31. The van der Waals surface area contributed by atoms with Crippen LogP contribution in [0.1, 0.15) is 22.8 Å². The van der Waals surface area contributed by atoms with Gasteiger partial charge in [-0.1, -0.05) is 0 Å². The van der Waals surface area contributed by atoms with Crippen LogP contribution in [0.2, 0.25) is 0 Å². The van der Waals surface area contributed by atoms with Crippen LogP contribution in [0.3, 0.4) is 0 Å². The van der Waals surface area contributed by atoms with Gasteiger partial charge in [-0.3, -0.25) is 4.79 Å². The van der Waals surface area contributed by atoms with Gasteiger partial charge in [-0.05, 0) is 6.07 Å². The second-order valence-corrected chi connectivity index (χ2v) is 4.79. The molecular formula is C13H7F4NO3. The molecule has 1 saturated carbocycles. The van der Waals surface area contributed by atoms with Gasteiger partial charge in [0.15, 0.2) is 17.5 Å². The van der Waals surface area contributed by atoms with Gasteiger partial charge < -0.3 is 9.67 Å². The maximum Gasteiger partial charge on any atom is 0.341 e. The Kier molecular flexibility index (Phi) is 2.79. The smallest absolute Gasteiger partial charge is 0.341 e. The molecule has 1 heterocycles. The van der Waals surface area contributed by atoms with E-state index in [-0.39, 0.29) is 6.42 Å². The number of hydrogen-bond donors (Lipinski definition) is 1. The minimum atomic E-state index is -1.80. The predicted molar refractivity (Wildman–Crippen MR) is 63.6 cm³/mol. The highest BCUT2D eigenvalue weighted by Crippen LogP contribution is 2.41. The number of pyridine rings is 1. The SMILES string of the molecule is O=C(O)c1cn([C@@H]2C[C@H]2F)c2c(F)c(F)c(F)cc2c1=O. The van der Waals surface area contributed by atoms with E-state index >= 15 is 0 Å². The summed E-state index contributed by atoms with van der Waals surface area (Å²) < 4.78 is 54.6. The van der Waals surface area contributed by atoms with Crippen LogP contribution in [-0.2, 0) is 0 Å². The zero-order valence-electron chi connectivity index (χ0n) is 10.2. The lowest BCUT2D eigenvalue weighted by atomic mass is 10.1. The van der Waals surface area contributed by atoms with E-state index in [0.29, 0.717) is 6.07 Å². The minimum absolute atomic E-state index is 0.0184. The first kappa shape index (κ1) is 13.6. The quantitative estimate of drug-likeness (QED) is 0.684. The highest BCUT2D eigenvalue weighted by Gasteiger charge is 2.41. The van der Waals surface area contributed by atoms with Crippen molar-refractivity contribution in [2.75, 3.05) is 0 Å². The Bertz CT molecular complexity index is 846. The summed E-state index contributed by atoms with van der Waals surface area (Å²) in [6.07, 6.45) is -0.613. The van der Waals surface area contributed by atoms with Gasteiger partial charge in [-0.2, -0.15) is 0 Å². The topological polar surface area (TPSA) is 59.3 Å². The largest absolute Gasteiger partial charge is 0.477 e. The number of halogens is 4. The third-order valence-electron chi connectivity index (χ3n) is 3.42. The number of hydrogen-bond acceptors (Lipinski definition) is 2. The number of aromatic nitrogens is 1. The number of carbonyl (C=O) groups is 1.